The summed E-state index contributed by atoms with van der Waals surface area (Å²) < 4.78 is 1.04. The van der Waals surface area contributed by atoms with Crippen LogP contribution in [0.1, 0.15) is 27.7 Å². The van der Waals surface area contributed by atoms with Crippen LogP contribution in [0.25, 0.3) is 0 Å². The number of carbonyl (C=O) groups is 1. The average molecular weight is 205 g/mol. The van der Waals surface area contributed by atoms with E-state index < -0.39 is 6.47 Å². The lowest BCUT2D eigenvalue weighted by atomic mass is 10.2. The third kappa shape index (κ3) is 6.86. The molecule has 0 aromatic rings. The highest BCUT2D eigenvalue weighted by atomic mass is 16.3. The molecule has 0 aromatic carbocycles. The molecule has 0 rings (SSSR count). The largest absolute Gasteiger partial charge is 0.554 e. The molecule has 0 aliphatic heterocycles. The summed E-state index contributed by atoms with van der Waals surface area (Å²) in [5.74, 6) is 0. The molecule has 14 heavy (non-hydrogen) atoms. The van der Waals surface area contributed by atoms with E-state index in [9.17, 15) is 5.11 Å². The summed E-state index contributed by atoms with van der Waals surface area (Å²) in [6, 6.07) is 0. The monoisotopic (exact) mass is 205 g/mol. The molecule has 1 atom stereocenters. The smallest absolute Gasteiger partial charge is 0.105 e. The van der Waals surface area contributed by atoms with Crippen LogP contribution in [0.3, 0.4) is 0 Å². The molecule has 0 bridgehead atoms. The maximum atomic E-state index is 9.27. The zero-order valence-corrected chi connectivity index (χ0v) is 9.69. The van der Waals surface area contributed by atoms with Crippen molar-refractivity contribution in [3.8, 4) is 0 Å². The van der Waals surface area contributed by atoms with Gasteiger partial charge < -0.3 is 19.5 Å². The van der Waals surface area contributed by atoms with Gasteiger partial charge in [0.25, 0.3) is 0 Å². The van der Waals surface area contributed by atoms with Gasteiger partial charge in [-0.1, -0.05) is 0 Å². The standard InChI is InChI=1S/C9H22NO.CH2O2/c1-5-10(6-2,7-3)8-9(4)11;2-1-3/h9,11H,5-8H2,1-4H3;1H,(H,2,3)/q+1;/p-1. The normalized spacial score (nSPS) is 12.6. The fourth-order valence-corrected chi connectivity index (χ4v) is 1.62. The lowest BCUT2D eigenvalue weighted by molar-refractivity contribution is -0.925. The van der Waals surface area contributed by atoms with Crippen LogP contribution in [0.2, 0.25) is 0 Å². The van der Waals surface area contributed by atoms with Gasteiger partial charge in [-0.15, -0.1) is 0 Å². The Kier molecular flexibility index (Phi) is 10.1. The van der Waals surface area contributed by atoms with Gasteiger partial charge in [0.05, 0.1) is 19.6 Å². The van der Waals surface area contributed by atoms with Crippen molar-refractivity contribution in [3.05, 3.63) is 0 Å². The minimum absolute atomic E-state index is 0.171. The topological polar surface area (TPSA) is 60.4 Å². The number of aliphatic hydroxyl groups excluding tert-OH is 1. The van der Waals surface area contributed by atoms with Crippen molar-refractivity contribution in [3.63, 3.8) is 0 Å². The van der Waals surface area contributed by atoms with E-state index in [-0.39, 0.29) is 6.10 Å². The van der Waals surface area contributed by atoms with Crippen LogP contribution in [-0.2, 0) is 4.79 Å². The van der Waals surface area contributed by atoms with Gasteiger partial charge in [0, 0.05) is 6.47 Å². The van der Waals surface area contributed by atoms with Gasteiger partial charge in [-0.3, -0.25) is 0 Å². The van der Waals surface area contributed by atoms with Crippen molar-refractivity contribution in [2.24, 2.45) is 0 Å². The van der Waals surface area contributed by atoms with Crippen molar-refractivity contribution in [2.45, 2.75) is 33.8 Å². The third-order valence-electron chi connectivity index (χ3n) is 2.66. The Morgan fingerprint density at radius 2 is 1.57 bits per heavy atom. The second-order valence-corrected chi connectivity index (χ2v) is 3.42. The van der Waals surface area contributed by atoms with E-state index in [4.69, 9.17) is 9.90 Å². The quantitative estimate of drug-likeness (QED) is 0.491. The van der Waals surface area contributed by atoms with Gasteiger partial charge in [0.15, 0.2) is 0 Å². The number of carbonyl (C=O) groups excluding carboxylic acids is 1. The summed E-state index contributed by atoms with van der Waals surface area (Å²) in [7, 11) is 0. The van der Waals surface area contributed by atoms with Gasteiger partial charge in [0.2, 0.25) is 0 Å². The van der Waals surface area contributed by atoms with Crippen molar-refractivity contribution in [1.29, 1.82) is 0 Å². The molecule has 0 aliphatic rings. The summed E-state index contributed by atoms with van der Waals surface area (Å²) in [5, 5.41) is 17.5. The van der Waals surface area contributed by atoms with E-state index >= 15 is 0 Å². The first kappa shape index (κ1) is 15.8. The summed E-state index contributed by atoms with van der Waals surface area (Å²) >= 11 is 0. The average Bonchev–Trinajstić information content (AvgIpc) is 2.15. The molecule has 1 unspecified atom stereocenters. The summed E-state index contributed by atoms with van der Waals surface area (Å²) in [6.45, 7) is 12.2. The van der Waals surface area contributed by atoms with Crippen LogP contribution in [0.15, 0.2) is 0 Å². The Hall–Kier alpha value is -0.610. The minimum atomic E-state index is -0.500. The van der Waals surface area contributed by atoms with E-state index in [1.54, 1.807) is 0 Å². The predicted molar refractivity (Wildman–Crippen MR) is 54.5 cm³/mol. The summed E-state index contributed by atoms with van der Waals surface area (Å²) in [6.07, 6.45) is -0.171. The molecule has 0 spiro atoms. The Labute approximate surface area is 86.7 Å². The number of quaternary nitrogens is 1. The van der Waals surface area contributed by atoms with E-state index in [0.717, 1.165) is 30.7 Å². The predicted octanol–water partition coefficient (Wildman–Crippen LogP) is -0.390. The first-order valence-electron chi connectivity index (χ1n) is 5.10. The number of hydrogen-bond acceptors (Lipinski definition) is 3. The van der Waals surface area contributed by atoms with Crippen LogP contribution in [-0.4, -0.2) is 48.3 Å². The maximum absolute atomic E-state index is 9.27. The molecule has 0 aromatic heterocycles. The zero-order valence-electron chi connectivity index (χ0n) is 9.69. The second kappa shape index (κ2) is 8.97. The number of aliphatic hydroxyl groups is 1. The van der Waals surface area contributed by atoms with Crippen LogP contribution in [0.4, 0.5) is 0 Å². The van der Waals surface area contributed by atoms with Gasteiger partial charge >= 0.3 is 0 Å². The first-order valence-corrected chi connectivity index (χ1v) is 5.10. The van der Waals surface area contributed by atoms with Crippen molar-refractivity contribution in [1.82, 2.24) is 0 Å². The molecule has 0 saturated carbocycles. The maximum Gasteiger partial charge on any atom is 0.105 e. The van der Waals surface area contributed by atoms with Crippen molar-refractivity contribution < 1.29 is 19.5 Å². The van der Waals surface area contributed by atoms with Crippen molar-refractivity contribution in [2.75, 3.05) is 26.2 Å². The SMILES string of the molecule is CC[N+](CC)(CC)CC(C)O.O=C[O-]. The van der Waals surface area contributed by atoms with Crippen LogP contribution >= 0.6 is 0 Å². The van der Waals surface area contributed by atoms with Crippen LogP contribution in [0, 0.1) is 0 Å². The Morgan fingerprint density at radius 3 is 1.64 bits per heavy atom. The van der Waals surface area contributed by atoms with Crippen molar-refractivity contribution >= 4 is 6.47 Å². The lowest BCUT2D eigenvalue weighted by Gasteiger charge is -2.36. The molecule has 1 N–H and O–H groups in total. The van der Waals surface area contributed by atoms with Gasteiger partial charge in [-0.2, -0.15) is 0 Å². The van der Waals surface area contributed by atoms with E-state index in [2.05, 4.69) is 20.8 Å². The molecule has 4 heteroatoms. The van der Waals surface area contributed by atoms with Gasteiger partial charge in [-0.05, 0) is 27.7 Å². The molecular formula is C10H23NO3. The lowest BCUT2D eigenvalue weighted by Crippen LogP contribution is -2.51. The Bertz CT molecular complexity index is 125. The number of nitrogens with zero attached hydrogens (tertiary/aromatic N) is 1. The fourth-order valence-electron chi connectivity index (χ4n) is 1.62. The minimum Gasteiger partial charge on any atom is -0.554 e. The highest BCUT2D eigenvalue weighted by molar-refractivity contribution is 5.29. The molecule has 86 valence electrons. The second-order valence-electron chi connectivity index (χ2n) is 3.42. The van der Waals surface area contributed by atoms with Gasteiger partial charge in [0.1, 0.15) is 12.6 Å². The first-order chi connectivity index (χ1) is 6.51. The highest BCUT2D eigenvalue weighted by Crippen LogP contribution is 2.06. The number of likely N-dealkylation sites (N-methyl/N-ethyl adjacent to an activating group) is 1. The molecular weight excluding hydrogens is 182 g/mol. The summed E-state index contributed by atoms with van der Waals surface area (Å²) in [5.41, 5.74) is 0. The number of rotatable bonds is 5. The molecule has 0 saturated heterocycles. The van der Waals surface area contributed by atoms with E-state index in [0.29, 0.717) is 0 Å². The molecule has 0 fully saturated rings. The zero-order chi connectivity index (χ0) is 11.6. The molecule has 0 radical (unpaired) electrons. The fraction of sp³-hybridized carbons (Fsp3) is 0.900. The van der Waals surface area contributed by atoms with E-state index in [1.165, 1.54) is 0 Å². The molecule has 0 heterocycles. The Morgan fingerprint density at radius 1 is 1.29 bits per heavy atom. The number of hydrogen-bond donors (Lipinski definition) is 1. The highest BCUT2D eigenvalue weighted by Gasteiger charge is 2.22. The molecule has 0 amide bonds. The Balaban J connectivity index is 0. The van der Waals surface area contributed by atoms with Crippen LogP contribution in [0.5, 0.6) is 0 Å². The third-order valence-corrected chi connectivity index (χ3v) is 2.66. The van der Waals surface area contributed by atoms with Crippen LogP contribution < -0.4 is 5.11 Å². The van der Waals surface area contributed by atoms with E-state index in [1.807, 2.05) is 6.92 Å². The van der Waals surface area contributed by atoms with Gasteiger partial charge in [-0.25, -0.2) is 0 Å². The number of carboxylic acid groups (broad SMARTS) is 1. The summed E-state index contributed by atoms with van der Waals surface area (Å²) in [4.78, 5) is 8.25. The molecule has 4 nitrogen and oxygen atoms in total. The molecule has 0 aliphatic carbocycles.